The van der Waals surface area contributed by atoms with Gasteiger partial charge in [-0.05, 0) is 83.6 Å². The molecule has 1 unspecified atom stereocenters. The lowest BCUT2D eigenvalue weighted by molar-refractivity contribution is -0.116. The van der Waals surface area contributed by atoms with Crippen LogP contribution in [0.25, 0.3) is 22.1 Å². The van der Waals surface area contributed by atoms with Crippen LogP contribution in [0.4, 0.5) is 11.4 Å². The van der Waals surface area contributed by atoms with Crippen LogP contribution in [0.15, 0.2) is 57.7 Å². The maximum Gasteiger partial charge on any atom is 0.238 e. The lowest BCUT2D eigenvalue weighted by Gasteiger charge is -2.09. The molecular weight excluding hydrogens is 823 g/mol. The summed E-state index contributed by atoms with van der Waals surface area (Å²) in [7, 11) is 0. The quantitative estimate of drug-likeness (QED) is 0.130. The Hall–Kier alpha value is -3.69. The molecule has 12 nitrogen and oxygen atoms in total. The number of aryl methyl sites for hydroxylation is 2. The zero-order chi connectivity index (χ0) is 34.8. The van der Waals surface area contributed by atoms with E-state index in [1.165, 1.54) is 0 Å². The smallest absolute Gasteiger partial charge is 0.238 e. The van der Waals surface area contributed by atoms with Crippen LogP contribution in [0.3, 0.4) is 0 Å². The molecule has 0 saturated heterocycles. The van der Waals surface area contributed by atoms with Crippen LogP contribution in [-0.2, 0) is 29.1 Å². The lowest BCUT2D eigenvalue weighted by Crippen LogP contribution is -2.15. The van der Waals surface area contributed by atoms with Gasteiger partial charge in [0, 0.05) is 45.8 Å². The van der Waals surface area contributed by atoms with E-state index in [1.54, 1.807) is 4.68 Å². The molecule has 49 heavy (non-hydrogen) atoms. The van der Waals surface area contributed by atoms with Crippen molar-refractivity contribution in [3.8, 4) is 0 Å². The van der Waals surface area contributed by atoms with Crippen molar-refractivity contribution in [3.05, 3.63) is 90.3 Å². The maximum absolute atomic E-state index is 12.6. The van der Waals surface area contributed by atoms with Crippen LogP contribution in [0.2, 0.25) is 15.7 Å². The number of carbonyl (C=O) groups excluding carboxylic acids is 2. The summed E-state index contributed by atoms with van der Waals surface area (Å²) in [5, 5.41) is 16.4. The summed E-state index contributed by atoms with van der Waals surface area (Å²) >= 11 is 24.4. The van der Waals surface area contributed by atoms with Gasteiger partial charge >= 0.3 is 0 Å². The zero-order valence-electron chi connectivity index (χ0n) is 26.0. The predicted molar refractivity (Wildman–Crippen MR) is 197 cm³/mol. The van der Waals surface area contributed by atoms with E-state index >= 15 is 0 Å². The lowest BCUT2D eigenvalue weighted by atomic mass is 9.95. The van der Waals surface area contributed by atoms with E-state index in [2.05, 4.69) is 86.5 Å². The van der Waals surface area contributed by atoms with Crippen molar-refractivity contribution < 1.29 is 9.59 Å². The topological polar surface area (TPSA) is 145 Å². The Kier molecular flexibility index (Phi) is 10.8. The van der Waals surface area contributed by atoms with E-state index in [1.807, 2.05) is 53.5 Å². The molecule has 17 heteroatoms. The third-order valence-corrected chi connectivity index (χ3v) is 9.11. The Morgan fingerprint density at radius 2 is 1.37 bits per heavy atom. The Morgan fingerprint density at radius 1 is 0.776 bits per heavy atom. The molecule has 0 saturated carbocycles. The van der Waals surface area contributed by atoms with Crippen LogP contribution < -0.4 is 10.6 Å². The Balaban J connectivity index is 0.000000141. The molecule has 0 fully saturated rings. The molecule has 0 spiro atoms. The number of amides is 2. The van der Waals surface area contributed by atoms with Crippen molar-refractivity contribution in [2.75, 3.05) is 10.6 Å². The summed E-state index contributed by atoms with van der Waals surface area (Å²) in [6.45, 7) is 5.76. The number of anilines is 2. The fourth-order valence-electron chi connectivity index (χ4n) is 5.45. The van der Waals surface area contributed by atoms with Gasteiger partial charge in [0.25, 0.3) is 0 Å². The molecule has 0 radical (unpaired) electrons. The Bertz CT molecular complexity index is 2230. The second-order valence-corrected chi connectivity index (χ2v) is 14.0. The highest BCUT2D eigenvalue weighted by Crippen LogP contribution is 2.40. The molecule has 2 amide bonds. The van der Waals surface area contributed by atoms with Gasteiger partial charge in [-0.3, -0.25) is 19.0 Å². The normalized spacial score (nSPS) is 14.5. The number of nitrogens with zero attached hydrogens (tertiary/aromatic N) is 8. The summed E-state index contributed by atoms with van der Waals surface area (Å²) in [6, 6.07) is 11.5. The van der Waals surface area contributed by atoms with Crippen molar-refractivity contribution in [2.24, 2.45) is 0 Å². The minimum Gasteiger partial charge on any atom is -0.326 e. The first kappa shape index (κ1) is 35.1. The van der Waals surface area contributed by atoms with E-state index in [-0.39, 0.29) is 22.4 Å². The van der Waals surface area contributed by atoms with Gasteiger partial charge in [-0.15, -0.1) is 0 Å². The van der Waals surface area contributed by atoms with Crippen molar-refractivity contribution in [2.45, 2.75) is 52.1 Å². The van der Waals surface area contributed by atoms with Crippen molar-refractivity contribution in [3.63, 3.8) is 0 Å². The van der Waals surface area contributed by atoms with Crippen LogP contribution in [-0.4, -0.2) is 51.3 Å². The van der Waals surface area contributed by atoms with Crippen LogP contribution in [0.5, 0.6) is 0 Å². The van der Waals surface area contributed by atoms with Gasteiger partial charge in [-0.25, -0.2) is 9.97 Å². The number of rotatable bonds is 5. The zero-order valence-corrected chi connectivity index (χ0v) is 31.5. The maximum atomic E-state index is 12.6. The van der Waals surface area contributed by atoms with Gasteiger partial charge in [0.1, 0.15) is 11.1 Å². The molecule has 2 N–H and O–H groups in total. The molecule has 6 aromatic rings. The average molecular weight is 850 g/mol. The first-order chi connectivity index (χ1) is 23.5. The molecular formula is C32H27Br2Cl3N10O2. The summed E-state index contributed by atoms with van der Waals surface area (Å²) in [5.74, 6) is -0.569. The third-order valence-electron chi connectivity index (χ3n) is 7.50. The minimum absolute atomic E-state index is 0.0816. The average Bonchev–Trinajstić information content (AvgIpc) is 3.80. The van der Waals surface area contributed by atoms with Crippen LogP contribution in [0.1, 0.15) is 49.4 Å². The fourth-order valence-corrected chi connectivity index (χ4v) is 6.83. The Morgan fingerprint density at radius 3 is 2.04 bits per heavy atom. The van der Waals surface area contributed by atoms with E-state index < -0.39 is 5.92 Å². The first-order valence-electron chi connectivity index (χ1n) is 15.2. The van der Waals surface area contributed by atoms with E-state index in [0.29, 0.717) is 28.6 Å². The second kappa shape index (κ2) is 15.1. The number of benzene rings is 2. The van der Waals surface area contributed by atoms with E-state index in [4.69, 9.17) is 34.8 Å². The standard InChI is InChI=1S/C16H13BrClN5O.C8H6BrNO.C8H8Cl2N4/c1-2-5-23-7-10-13(20-16(18)21-14(10)22-23)12-9-6-8(17)3-4-11(9)19-15(12)24;9-6-1-2-7-5(3-6)4-8(11)10-7;1-2-3-14-4-5-6(9)11-8(10)12-7(5)13-14/h3-4,6-7,12H,2,5H2,1H3,(H,19,24);1-3H,4H2,(H,10,11);4H,2-3H2,1H3. The molecule has 0 aliphatic carbocycles. The van der Waals surface area contributed by atoms with Crippen molar-refractivity contribution in [1.82, 2.24) is 39.5 Å². The van der Waals surface area contributed by atoms with Gasteiger partial charge in [0.15, 0.2) is 11.3 Å². The molecule has 2 aliphatic rings. The predicted octanol–water partition coefficient (Wildman–Crippen LogP) is 8.22. The monoisotopic (exact) mass is 846 g/mol. The summed E-state index contributed by atoms with van der Waals surface area (Å²) < 4.78 is 5.53. The van der Waals surface area contributed by atoms with Gasteiger partial charge < -0.3 is 10.6 Å². The van der Waals surface area contributed by atoms with E-state index in [0.717, 1.165) is 68.2 Å². The molecule has 8 rings (SSSR count). The first-order valence-corrected chi connectivity index (χ1v) is 17.9. The highest BCUT2D eigenvalue weighted by molar-refractivity contribution is 9.10. The fraction of sp³-hybridized carbons (Fsp3) is 0.250. The number of aromatic nitrogens is 8. The largest absolute Gasteiger partial charge is 0.326 e. The highest BCUT2D eigenvalue weighted by Gasteiger charge is 2.35. The van der Waals surface area contributed by atoms with Gasteiger partial charge in [-0.2, -0.15) is 20.2 Å². The highest BCUT2D eigenvalue weighted by atomic mass is 79.9. The summed E-state index contributed by atoms with van der Waals surface area (Å²) in [4.78, 5) is 39.8. The van der Waals surface area contributed by atoms with Gasteiger partial charge in [-0.1, -0.05) is 57.3 Å². The molecule has 6 heterocycles. The van der Waals surface area contributed by atoms with E-state index in [9.17, 15) is 9.59 Å². The molecule has 4 aromatic heterocycles. The van der Waals surface area contributed by atoms with Crippen molar-refractivity contribution in [1.29, 1.82) is 0 Å². The summed E-state index contributed by atoms with van der Waals surface area (Å²) in [5.41, 5.74) is 5.31. The molecule has 252 valence electrons. The Labute approximate surface area is 312 Å². The molecule has 2 aliphatic heterocycles. The SMILES string of the molecule is CCCn1cc2c(C3C(=O)Nc4ccc(Br)cc43)nc(Cl)nc2n1.CCCn1cc2c(Cl)nc(Cl)nc2n1.O=C1Cc2cc(Br)ccc2N1. The summed E-state index contributed by atoms with van der Waals surface area (Å²) in [6.07, 6.45) is 6.18. The number of nitrogens with one attached hydrogen (secondary N) is 2. The number of fused-ring (bicyclic) bond motifs is 4. The number of hydrogen-bond donors (Lipinski definition) is 2. The van der Waals surface area contributed by atoms with Crippen LogP contribution >= 0.6 is 66.7 Å². The minimum atomic E-state index is -0.528. The molecule has 0 bridgehead atoms. The number of halogens is 5. The van der Waals surface area contributed by atoms with Crippen LogP contribution in [0, 0.1) is 0 Å². The van der Waals surface area contributed by atoms with Gasteiger partial charge in [0.05, 0.1) is 22.9 Å². The molecule has 1 atom stereocenters. The number of carbonyl (C=O) groups is 2. The van der Waals surface area contributed by atoms with Gasteiger partial charge in [0.2, 0.25) is 22.4 Å². The number of hydrogen-bond acceptors (Lipinski definition) is 8. The van der Waals surface area contributed by atoms with Crippen molar-refractivity contribution >= 4 is 112 Å². The molecule has 2 aromatic carbocycles. The second-order valence-electron chi connectivity index (χ2n) is 11.1. The third kappa shape index (κ3) is 7.88.